The van der Waals surface area contributed by atoms with Gasteiger partial charge < -0.3 is 14.6 Å². The number of nitrogens with one attached hydrogen (secondary N) is 1. The molecular formula is C20H17NO3S. The van der Waals surface area contributed by atoms with Crippen molar-refractivity contribution in [3.63, 3.8) is 0 Å². The number of hydrogen-bond acceptors (Lipinski definition) is 4. The number of benzene rings is 3. The Hall–Kier alpha value is -2.92. The van der Waals surface area contributed by atoms with Gasteiger partial charge in [-0.1, -0.05) is 30.3 Å². The van der Waals surface area contributed by atoms with Crippen LogP contribution in [-0.2, 0) is 4.79 Å². The van der Waals surface area contributed by atoms with Crippen LogP contribution in [0.5, 0.6) is 5.75 Å². The lowest BCUT2D eigenvalue weighted by atomic mass is 10.0. The number of carboxylic acids is 1. The van der Waals surface area contributed by atoms with Crippen molar-refractivity contribution in [2.75, 3.05) is 11.8 Å². The maximum absolute atomic E-state index is 10.8. The monoisotopic (exact) mass is 351 g/mol. The highest BCUT2D eigenvalue weighted by molar-refractivity contribution is 8.00. The van der Waals surface area contributed by atoms with Crippen LogP contribution in [0.2, 0.25) is 0 Å². The van der Waals surface area contributed by atoms with Gasteiger partial charge in [-0.3, -0.25) is 0 Å². The normalized spacial score (nSPS) is 10.9. The van der Waals surface area contributed by atoms with E-state index in [9.17, 15) is 4.79 Å². The van der Waals surface area contributed by atoms with E-state index in [0.29, 0.717) is 0 Å². The van der Waals surface area contributed by atoms with Gasteiger partial charge in [0.25, 0.3) is 0 Å². The van der Waals surface area contributed by atoms with Crippen molar-refractivity contribution in [1.82, 2.24) is 0 Å². The van der Waals surface area contributed by atoms with Crippen LogP contribution in [-0.4, -0.2) is 18.2 Å². The summed E-state index contributed by atoms with van der Waals surface area (Å²) in [7, 11) is 1.65. The van der Waals surface area contributed by atoms with Gasteiger partial charge >= 0.3 is 5.97 Å². The molecule has 0 radical (unpaired) electrons. The van der Waals surface area contributed by atoms with E-state index in [4.69, 9.17) is 9.84 Å². The standard InChI is InChI=1S/C20H17NO3S/c1-24-15-8-10-16(11-9-15)25-21-19-12-6-14(7-13-20(22)23)17-4-2-3-5-18(17)19/h2-13,21H,1H3,(H,22,23)/b13-7+. The quantitative estimate of drug-likeness (QED) is 0.480. The van der Waals surface area contributed by atoms with Crippen LogP contribution in [0.15, 0.2) is 71.6 Å². The summed E-state index contributed by atoms with van der Waals surface area (Å²) in [6.45, 7) is 0. The molecule has 0 bridgehead atoms. The molecule has 0 spiro atoms. The van der Waals surface area contributed by atoms with Gasteiger partial charge in [0.2, 0.25) is 0 Å². The molecule has 0 aliphatic heterocycles. The Morgan fingerprint density at radius 2 is 1.76 bits per heavy atom. The fourth-order valence-electron chi connectivity index (χ4n) is 2.48. The first-order chi connectivity index (χ1) is 12.2. The van der Waals surface area contributed by atoms with Crippen LogP contribution in [0, 0.1) is 0 Å². The summed E-state index contributed by atoms with van der Waals surface area (Å²) in [6.07, 6.45) is 2.77. The summed E-state index contributed by atoms with van der Waals surface area (Å²) in [6, 6.07) is 19.6. The van der Waals surface area contributed by atoms with E-state index in [1.54, 1.807) is 13.2 Å². The third kappa shape index (κ3) is 4.14. The molecule has 0 fully saturated rings. The summed E-state index contributed by atoms with van der Waals surface area (Å²) >= 11 is 1.51. The van der Waals surface area contributed by atoms with E-state index in [1.807, 2.05) is 60.7 Å². The average Bonchev–Trinajstić information content (AvgIpc) is 2.65. The smallest absolute Gasteiger partial charge is 0.328 e. The Bertz CT molecular complexity index is 920. The molecule has 126 valence electrons. The zero-order valence-corrected chi connectivity index (χ0v) is 14.4. The lowest BCUT2D eigenvalue weighted by Crippen LogP contribution is -1.91. The molecule has 3 aromatic rings. The summed E-state index contributed by atoms with van der Waals surface area (Å²) in [5.74, 6) is -0.134. The molecule has 5 heteroatoms. The maximum Gasteiger partial charge on any atom is 0.328 e. The highest BCUT2D eigenvalue weighted by atomic mass is 32.2. The minimum atomic E-state index is -0.957. The molecule has 0 aromatic heterocycles. The molecule has 0 heterocycles. The molecule has 3 rings (SSSR count). The highest BCUT2D eigenvalue weighted by Gasteiger charge is 2.05. The minimum absolute atomic E-state index is 0.823. The predicted molar refractivity (Wildman–Crippen MR) is 103 cm³/mol. The number of rotatable bonds is 6. The summed E-state index contributed by atoms with van der Waals surface area (Å²) in [5.41, 5.74) is 1.85. The van der Waals surface area contributed by atoms with Gasteiger partial charge in [0, 0.05) is 16.4 Å². The van der Waals surface area contributed by atoms with Crippen LogP contribution in [0.4, 0.5) is 5.69 Å². The first kappa shape index (κ1) is 16.9. The molecule has 0 saturated heterocycles. The number of anilines is 1. The third-order valence-electron chi connectivity index (χ3n) is 3.70. The largest absolute Gasteiger partial charge is 0.497 e. The molecule has 0 saturated carbocycles. The fraction of sp³-hybridized carbons (Fsp3) is 0.0500. The Kier molecular flexibility index (Phi) is 5.26. The Balaban J connectivity index is 1.86. The molecule has 0 unspecified atom stereocenters. The van der Waals surface area contributed by atoms with Crippen molar-refractivity contribution in [2.45, 2.75) is 4.90 Å². The summed E-state index contributed by atoms with van der Waals surface area (Å²) in [4.78, 5) is 11.8. The van der Waals surface area contributed by atoms with E-state index < -0.39 is 5.97 Å². The molecule has 25 heavy (non-hydrogen) atoms. The van der Waals surface area contributed by atoms with E-state index >= 15 is 0 Å². The molecule has 0 atom stereocenters. The molecule has 2 N–H and O–H groups in total. The summed E-state index contributed by atoms with van der Waals surface area (Å²) in [5, 5.41) is 10.9. The number of ether oxygens (including phenoxy) is 1. The van der Waals surface area contributed by atoms with Gasteiger partial charge in [0.05, 0.1) is 12.8 Å². The number of hydrogen-bond donors (Lipinski definition) is 2. The second-order valence-electron chi connectivity index (χ2n) is 5.30. The topological polar surface area (TPSA) is 58.6 Å². The van der Waals surface area contributed by atoms with E-state index in [2.05, 4.69) is 4.72 Å². The van der Waals surface area contributed by atoms with Gasteiger partial charge in [-0.2, -0.15) is 0 Å². The number of carbonyl (C=O) groups is 1. The van der Waals surface area contributed by atoms with Gasteiger partial charge in [0.1, 0.15) is 5.75 Å². The van der Waals surface area contributed by atoms with Crippen molar-refractivity contribution in [3.8, 4) is 5.75 Å². The fourth-order valence-corrected chi connectivity index (χ4v) is 3.15. The van der Waals surface area contributed by atoms with E-state index in [1.165, 1.54) is 11.9 Å². The van der Waals surface area contributed by atoms with Crippen molar-refractivity contribution in [2.24, 2.45) is 0 Å². The number of methoxy groups -OCH3 is 1. The molecule has 0 amide bonds. The Labute approximate surface area is 150 Å². The molecule has 0 aliphatic rings. The first-order valence-electron chi connectivity index (χ1n) is 7.67. The van der Waals surface area contributed by atoms with Crippen molar-refractivity contribution >= 4 is 40.5 Å². The van der Waals surface area contributed by atoms with Crippen molar-refractivity contribution in [1.29, 1.82) is 0 Å². The SMILES string of the molecule is COc1ccc(SNc2ccc(/C=C/C(=O)O)c3ccccc23)cc1. The average molecular weight is 351 g/mol. The van der Waals surface area contributed by atoms with E-state index in [-0.39, 0.29) is 0 Å². The maximum atomic E-state index is 10.8. The lowest BCUT2D eigenvalue weighted by molar-refractivity contribution is -0.131. The Morgan fingerprint density at radius 1 is 1.04 bits per heavy atom. The first-order valence-corrected chi connectivity index (χ1v) is 8.48. The second kappa shape index (κ2) is 7.77. The van der Waals surface area contributed by atoms with E-state index in [0.717, 1.165) is 38.7 Å². The third-order valence-corrected chi connectivity index (χ3v) is 4.53. The van der Waals surface area contributed by atoms with Gasteiger partial charge in [-0.15, -0.1) is 0 Å². The predicted octanol–water partition coefficient (Wildman–Crippen LogP) is 5.07. The van der Waals surface area contributed by atoms with Crippen LogP contribution < -0.4 is 9.46 Å². The Morgan fingerprint density at radius 3 is 2.44 bits per heavy atom. The van der Waals surface area contributed by atoms with Crippen molar-refractivity contribution < 1.29 is 14.6 Å². The highest BCUT2D eigenvalue weighted by Crippen LogP contribution is 2.31. The zero-order chi connectivity index (χ0) is 17.6. The molecule has 3 aromatic carbocycles. The van der Waals surface area contributed by atoms with Crippen LogP contribution in [0.3, 0.4) is 0 Å². The second-order valence-corrected chi connectivity index (χ2v) is 6.18. The summed E-state index contributed by atoms with van der Waals surface area (Å²) < 4.78 is 8.53. The molecule has 0 aliphatic carbocycles. The molecule has 4 nitrogen and oxygen atoms in total. The van der Waals surface area contributed by atoms with Gasteiger partial charge in [0.15, 0.2) is 0 Å². The van der Waals surface area contributed by atoms with Gasteiger partial charge in [-0.05, 0) is 59.3 Å². The lowest BCUT2D eigenvalue weighted by Gasteiger charge is -2.11. The zero-order valence-electron chi connectivity index (χ0n) is 13.6. The number of carboxylic acid groups (broad SMARTS) is 1. The number of aliphatic carboxylic acids is 1. The minimum Gasteiger partial charge on any atom is -0.497 e. The van der Waals surface area contributed by atoms with Crippen LogP contribution in [0.25, 0.3) is 16.8 Å². The van der Waals surface area contributed by atoms with Gasteiger partial charge in [-0.25, -0.2) is 4.79 Å². The molecular weight excluding hydrogens is 334 g/mol. The van der Waals surface area contributed by atoms with Crippen LogP contribution in [0.1, 0.15) is 5.56 Å². The van der Waals surface area contributed by atoms with Crippen molar-refractivity contribution in [3.05, 3.63) is 72.3 Å². The number of fused-ring (bicyclic) bond motifs is 1. The van der Waals surface area contributed by atoms with Crippen LogP contribution >= 0.6 is 11.9 Å².